The van der Waals surface area contributed by atoms with Crippen molar-refractivity contribution in [2.24, 2.45) is 0 Å². The maximum absolute atomic E-state index is 11.8. The first-order valence-corrected chi connectivity index (χ1v) is 6.93. The quantitative estimate of drug-likeness (QED) is 0.746. The molecule has 0 aliphatic carbocycles. The molecule has 0 radical (unpaired) electrons. The molecule has 1 N–H and O–H groups in total. The van der Waals surface area contributed by atoms with Gasteiger partial charge in [-0.25, -0.2) is 4.79 Å². The average molecular weight is 302 g/mol. The van der Waals surface area contributed by atoms with Crippen LogP contribution in [0.3, 0.4) is 0 Å². The molecular weight excluding hydrogens is 292 g/mol. The maximum atomic E-state index is 11.8. The van der Waals surface area contributed by atoms with Gasteiger partial charge in [0.05, 0.1) is 4.88 Å². The SMILES string of the molecule is O=C(OCc1nc(-c2cccs2)no1)c1ccccc1O. The van der Waals surface area contributed by atoms with Gasteiger partial charge in [-0.2, -0.15) is 4.98 Å². The van der Waals surface area contributed by atoms with Crippen LogP contribution in [0.2, 0.25) is 0 Å². The molecule has 0 saturated carbocycles. The van der Waals surface area contributed by atoms with E-state index in [1.165, 1.54) is 23.5 Å². The van der Waals surface area contributed by atoms with Crippen LogP contribution in [-0.2, 0) is 11.3 Å². The van der Waals surface area contributed by atoms with Gasteiger partial charge in [-0.3, -0.25) is 0 Å². The van der Waals surface area contributed by atoms with E-state index in [-0.39, 0.29) is 23.8 Å². The number of rotatable bonds is 4. The number of aromatic nitrogens is 2. The summed E-state index contributed by atoms with van der Waals surface area (Å²) in [5, 5.41) is 15.3. The Balaban J connectivity index is 1.66. The molecule has 6 nitrogen and oxygen atoms in total. The van der Waals surface area contributed by atoms with Gasteiger partial charge in [0.25, 0.3) is 5.89 Å². The molecule has 106 valence electrons. The third-order valence-electron chi connectivity index (χ3n) is 2.66. The van der Waals surface area contributed by atoms with Crippen molar-refractivity contribution in [1.82, 2.24) is 10.1 Å². The minimum absolute atomic E-state index is 0.0931. The van der Waals surface area contributed by atoms with Crippen LogP contribution >= 0.6 is 11.3 Å². The second-order valence-electron chi connectivity index (χ2n) is 4.08. The van der Waals surface area contributed by atoms with Crippen LogP contribution < -0.4 is 0 Å². The van der Waals surface area contributed by atoms with Crippen molar-refractivity contribution in [1.29, 1.82) is 0 Å². The molecule has 1 aromatic carbocycles. The Morgan fingerprint density at radius 3 is 2.90 bits per heavy atom. The van der Waals surface area contributed by atoms with Crippen LogP contribution in [0.4, 0.5) is 0 Å². The molecule has 21 heavy (non-hydrogen) atoms. The Morgan fingerprint density at radius 2 is 2.14 bits per heavy atom. The largest absolute Gasteiger partial charge is 0.507 e. The number of nitrogens with zero attached hydrogens (tertiary/aromatic N) is 2. The maximum Gasteiger partial charge on any atom is 0.342 e. The number of esters is 1. The predicted octanol–water partition coefficient (Wildman–Crippen LogP) is 2.86. The molecule has 0 spiro atoms. The minimum atomic E-state index is -0.649. The lowest BCUT2D eigenvalue weighted by Crippen LogP contribution is -2.05. The van der Waals surface area contributed by atoms with Crippen molar-refractivity contribution in [2.45, 2.75) is 6.61 Å². The van der Waals surface area contributed by atoms with Gasteiger partial charge in [0.2, 0.25) is 5.82 Å². The van der Waals surface area contributed by atoms with Crippen molar-refractivity contribution in [3.05, 3.63) is 53.2 Å². The number of carbonyl (C=O) groups is 1. The summed E-state index contributed by atoms with van der Waals surface area (Å²) < 4.78 is 10.0. The van der Waals surface area contributed by atoms with Gasteiger partial charge in [0.1, 0.15) is 11.3 Å². The first-order valence-electron chi connectivity index (χ1n) is 6.05. The van der Waals surface area contributed by atoms with Crippen LogP contribution in [0.5, 0.6) is 5.75 Å². The number of phenols is 1. The lowest BCUT2D eigenvalue weighted by molar-refractivity contribution is 0.0426. The fourth-order valence-electron chi connectivity index (χ4n) is 1.67. The van der Waals surface area contributed by atoms with E-state index in [0.29, 0.717) is 5.82 Å². The lowest BCUT2D eigenvalue weighted by atomic mass is 10.2. The Bertz CT molecular complexity index is 752. The fourth-order valence-corrected chi connectivity index (χ4v) is 2.32. The standard InChI is InChI=1S/C14H10N2O4S/c17-10-5-2-1-4-9(10)14(18)19-8-12-15-13(16-20-12)11-6-3-7-21-11/h1-7,17H,8H2. The molecule has 0 amide bonds. The number of thiophene rings is 1. The molecule has 2 heterocycles. The van der Waals surface area contributed by atoms with Crippen LogP contribution in [-0.4, -0.2) is 21.2 Å². The second-order valence-corrected chi connectivity index (χ2v) is 5.03. The minimum Gasteiger partial charge on any atom is -0.507 e. The summed E-state index contributed by atoms with van der Waals surface area (Å²) in [5.74, 6) is -0.128. The summed E-state index contributed by atoms with van der Waals surface area (Å²) in [6, 6.07) is 9.90. The van der Waals surface area contributed by atoms with Crippen LogP contribution in [0.25, 0.3) is 10.7 Å². The van der Waals surface area contributed by atoms with E-state index in [4.69, 9.17) is 9.26 Å². The summed E-state index contributed by atoms with van der Waals surface area (Å²) in [4.78, 5) is 16.8. The fraction of sp³-hybridized carbons (Fsp3) is 0.0714. The van der Waals surface area contributed by atoms with Crippen molar-refractivity contribution in [3.8, 4) is 16.5 Å². The first kappa shape index (κ1) is 13.3. The van der Waals surface area contributed by atoms with Crippen molar-refractivity contribution < 1.29 is 19.2 Å². The lowest BCUT2D eigenvalue weighted by Gasteiger charge is -2.03. The topological polar surface area (TPSA) is 85.5 Å². The van der Waals surface area contributed by atoms with Gasteiger partial charge in [-0.1, -0.05) is 23.4 Å². The van der Waals surface area contributed by atoms with E-state index in [1.807, 2.05) is 17.5 Å². The van der Waals surface area contributed by atoms with Gasteiger partial charge in [-0.05, 0) is 23.6 Å². The summed E-state index contributed by atoms with van der Waals surface area (Å²) in [5.41, 5.74) is 0.0931. The van der Waals surface area contributed by atoms with Crippen molar-refractivity contribution in [3.63, 3.8) is 0 Å². The molecule has 0 fully saturated rings. The molecule has 2 aromatic heterocycles. The summed E-state index contributed by atoms with van der Waals surface area (Å²) >= 11 is 1.49. The highest BCUT2D eigenvalue weighted by Gasteiger charge is 2.15. The van der Waals surface area contributed by atoms with E-state index in [0.717, 1.165) is 4.88 Å². The average Bonchev–Trinajstić information content (AvgIpc) is 3.16. The van der Waals surface area contributed by atoms with Gasteiger partial charge >= 0.3 is 5.97 Å². The Labute approximate surface area is 123 Å². The molecule has 0 atom stereocenters. The second kappa shape index (κ2) is 5.76. The zero-order chi connectivity index (χ0) is 14.7. The molecule has 0 unspecified atom stereocenters. The molecule has 0 saturated heterocycles. The number of phenolic OH excluding ortho intramolecular Hbond substituents is 1. The van der Waals surface area contributed by atoms with Crippen molar-refractivity contribution in [2.75, 3.05) is 0 Å². The predicted molar refractivity (Wildman–Crippen MR) is 74.8 cm³/mol. The number of hydrogen-bond acceptors (Lipinski definition) is 7. The number of hydrogen-bond donors (Lipinski definition) is 1. The van der Waals surface area contributed by atoms with E-state index in [9.17, 15) is 9.90 Å². The van der Waals surface area contributed by atoms with Gasteiger partial charge in [0.15, 0.2) is 6.61 Å². The Morgan fingerprint density at radius 1 is 1.29 bits per heavy atom. The molecular formula is C14H10N2O4S. The van der Waals surface area contributed by atoms with E-state index < -0.39 is 5.97 Å². The van der Waals surface area contributed by atoms with Crippen LogP contribution in [0.15, 0.2) is 46.3 Å². The Kier molecular flexibility index (Phi) is 3.65. The zero-order valence-electron chi connectivity index (χ0n) is 10.7. The number of para-hydroxylation sites is 1. The summed E-state index contributed by atoms with van der Waals surface area (Å²) in [6.07, 6.45) is 0. The van der Waals surface area contributed by atoms with E-state index >= 15 is 0 Å². The normalized spacial score (nSPS) is 10.5. The number of ether oxygens (including phenoxy) is 1. The number of benzene rings is 1. The molecule has 0 bridgehead atoms. The van der Waals surface area contributed by atoms with Crippen molar-refractivity contribution >= 4 is 17.3 Å². The molecule has 3 rings (SSSR count). The highest BCUT2D eigenvalue weighted by Crippen LogP contribution is 2.22. The zero-order valence-corrected chi connectivity index (χ0v) is 11.5. The Hall–Kier alpha value is -2.67. The molecule has 0 aliphatic rings. The molecule has 7 heteroatoms. The van der Waals surface area contributed by atoms with Gasteiger partial charge in [-0.15, -0.1) is 11.3 Å². The highest BCUT2D eigenvalue weighted by molar-refractivity contribution is 7.13. The van der Waals surface area contributed by atoms with Gasteiger partial charge < -0.3 is 14.4 Å². The van der Waals surface area contributed by atoms with Crippen LogP contribution in [0, 0.1) is 0 Å². The summed E-state index contributed by atoms with van der Waals surface area (Å²) in [6.45, 7) is -0.147. The molecule has 3 aromatic rings. The van der Waals surface area contributed by atoms with Gasteiger partial charge in [0, 0.05) is 0 Å². The summed E-state index contributed by atoms with van der Waals surface area (Å²) in [7, 11) is 0. The third kappa shape index (κ3) is 2.92. The number of carbonyl (C=O) groups excluding carboxylic acids is 1. The highest BCUT2D eigenvalue weighted by atomic mass is 32.1. The van der Waals surface area contributed by atoms with Crippen LogP contribution in [0.1, 0.15) is 16.2 Å². The number of aromatic hydroxyl groups is 1. The first-order chi connectivity index (χ1) is 10.2. The smallest absolute Gasteiger partial charge is 0.342 e. The molecule has 0 aliphatic heterocycles. The van der Waals surface area contributed by atoms with E-state index in [2.05, 4.69) is 10.1 Å². The monoisotopic (exact) mass is 302 g/mol. The third-order valence-corrected chi connectivity index (χ3v) is 3.53. The van der Waals surface area contributed by atoms with E-state index in [1.54, 1.807) is 12.1 Å².